The Labute approximate surface area is 161 Å². The molecule has 152 valence electrons. The van der Waals surface area contributed by atoms with Crippen LogP contribution in [0.1, 0.15) is 128 Å². The maximum atomic E-state index is 2.41. The molecule has 25 heavy (non-hydrogen) atoms. The minimum absolute atomic E-state index is 0.518. The first-order valence-corrected chi connectivity index (χ1v) is 10.9. The zero-order chi connectivity index (χ0) is 20.1. The summed E-state index contributed by atoms with van der Waals surface area (Å²) in [6, 6.07) is 0. The monoisotopic (exact) mass is 352 g/mol. The van der Waals surface area contributed by atoms with Crippen molar-refractivity contribution in [3.05, 3.63) is 0 Å². The van der Waals surface area contributed by atoms with Gasteiger partial charge in [-0.2, -0.15) is 0 Å². The van der Waals surface area contributed by atoms with Crippen molar-refractivity contribution in [3.63, 3.8) is 0 Å². The van der Waals surface area contributed by atoms with E-state index in [0.717, 1.165) is 11.8 Å². The van der Waals surface area contributed by atoms with Gasteiger partial charge in [-0.05, 0) is 65.6 Å². The molecule has 0 nitrogen and oxygen atoms in total. The van der Waals surface area contributed by atoms with E-state index in [-0.39, 0.29) is 0 Å². The smallest absolute Gasteiger partial charge is 0.0354 e. The topological polar surface area (TPSA) is 0 Å². The first-order chi connectivity index (χ1) is 10.9. The fourth-order valence-corrected chi connectivity index (χ4v) is 3.91. The highest BCUT2D eigenvalue weighted by molar-refractivity contribution is 4.85. The van der Waals surface area contributed by atoms with E-state index < -0.39 is 0 Å². The highest BCUT2D eigenvalue weighted by Crippen LogP contribution is 2.45. The standard InChI is InChI=1S/C14H28.C11H24/c1-13(2,3)11-8-7-9-12(10-11)14(4,5)6;1-10(2,3)8-7-9-11(4,5)6/h11-12H,7-10H2,1-6H3;7-9H2,1-6H3. The molecule has 1 aliphatic rings. The number of hydrogen-bond acceptors (Lipinski definition) is 0. The maximum absolute atomic E-state index is 2.41. The summed E-state index contributed by atoms with van der Waals surface area (Å²) in [4.78, 5) is 0. The van der Waals surface area contributed by atoms with Gasteiger partial charge in [0.1, 0.15) is 0 Å². The van der Waals surface area contributed by atoms with Crippen LogP contribution in [0.15, 0.2) is 0 Å². The van der Waals surface area contributed by atoms with E-state index in [1.54, 1.807) is 0 Å². The first kappa shape index (κ1) is 25.0. The van der Waals surface area contributed by atoms with E-state index >= 15 is 0 Å². The van der Waals surface area contributed by atoms with Crippen molar-refractivity contribution in [3.8, 4) is 0 Å². The van der Waals surface area contributed by atoms with Gasteiger partial charge in [-0.15, -0.1) is 0 Å². The molecule has 0 aliphatic heterocycles. The fraction of sp³-hybridized carbons (Fsp3) is 1.00. The lowest BCUT2D eigenvalue weighted by molar-refractivity contribution is 0.0830. The Kier molecular flexibility index (Phi) is 9.27. The second-order valence-corrected chi connectivity index (χ2v) is 13.3. The van der Waals surface area contributed by atoms with Gasteiger partial charge in [-0.25, -0.2) is 0 Å². The molecular weight excluding hydrogens is 300 g/mol. The summed E-state index contributed by atoms with van der Waals surface area (Å²) in [6.07, 6.45) is 9.88. The van der Waals surface area contributed by atoms with Crippen molar-refractivity contribution in [1.29, 1.82) is 0 Å². The third kappa shape index (κ3) is 12.9. The molecule has 0 aromatic rings. The van der Waals surface area contributed by atoms with E-state index in [2.05, 4.69) is 83.1 Å². The molecule has 1 rings (SSSR count). The maximum Gasteiger partial charge on any atom is -0.0354 e. The van der Waals surface area contributed by atoms with E-state index in [1.165, 1.54) is 44.9 Å². The van der Waals surface area contributed by atoms with Crippen molar-refractivity contribution < 1.29 is 0 Å². The molecule has 0 radical (unpaired) electrons. The predicted octanol–water partition coefficient (Wildman–Crippen LogP) is 9.13. The summed E-state index contributed by atoms with van der Waals surface area (Å²) in [5.41, 5.74) is 2.07. The van der Waals surface area contributed by atoms with Crippen LogP contribution < -0.4 is 0 Å². The summed E-state index contributed by atoms with van der Waals surface area (Å²) in [5, 5.41) is 0. The van der Waals surface area contributed by atoms with Crippen molar-refractivity contribution >= 4 is 0 Å². The second kappa shape index (κ2) is 9.27. The van der Waals surface area contributed by atoms with E-state index in [1.807, 2.05) is 0 Å². The van der Waals surface area contributed by atoms with Gasteiger partial charge in [0.25, 0.3) is 0 Å². The Morgan fingerprint density at radius 3 is 1.12 bits per heavy atom. The normalized spacial score (nSPS) is 23.0. The van der Waals surface area contributed by atoms with Crippen LogP contribution in [0.3, 0.4) is 0 Å². The molecular formula is C25H52. The van der Waals surface area contributed by atoms with Gasteiger partial charge < -0.3 is 0 Å². The SMILES string of the molecule is CC(C)(C)C1CCCC(C(C)(C)C)C1.CC(C)(C)CCCC(C)(C)C. The molecule has 0 bridgehead atoms. The molecule has 0 heteroatoms. The van der Waals surface area contributed by atoms with Crippen LogP contribution in [0.25, 0.3) is 0 Å². The average molecular weight is 353 g/mol. The summed E-state index contributed by atoms with van der Waals surface area (Å²) < 4.78 is 0. The average Bonchev–Trinajstić information content (AvgIpc) is 2.34. The third-order valence-electron chi connectivity index (χ3n) is 5.98. The lowest BCUT2D eigenvalue weighted by Crippen LogP contribution is -2.32. The predicted molar refractivity (Wildman–Crippen MR) is 117 cm³/mol. The van der Waals surface area contributed by atoms with E-state index in [0.29, 0.717) is 21.7 Å². The Bertz CT molecular complexity index is 313. The molecule has 2 unspecified atom stereocenters. The Balaban J connectivity index is 0.000000477. The largest absolute Gasteiger partial charge is 0.0602 e. The molecule has 0 spiro atoms. The molecule has 0 aromatic heterocycles. The van der Waals surface area contributed by atoms with E-state index in [9.17, 15) is 0 Å². The molecule has 1 fully saturated rings. The Hall–Kier alpha value is 0. The highest BCUT2D eigenvalue weighted by atomic mass is 14.4. The van der Waals surface area contributed by atoms with Gasteiger partial charge >= 0.3 is 0 Å². The van der Waals surface area contributed by atoms with Gasteiger partial charge in [-0.3, -0.25) is 0 Å². The Morgan fingerprint density at radius 1 is 0.560 bits per heavy atom. The lowest BCUT2D eigenvalue weighted by atomic mass is 9.63. The fourth-order valence-electron chi connectivity index (χ4n) is 3.91. The van der Waals surface area contributed by atoms with Crippen LogP contribution in [0.5, 0.6) is 0 Å². The third-order valence-corrected chi connectivity index (χ3v) is 5.98. The molecule has 1 aliphatic carbocycles. The first-order valence-electron chi connectivity index (χ1n) is 10.9. The van der Waals surface area contributed by atoms with Crippen molar-refractivity contribution in [2.45, 2.75) is 128 Å². The quantitative estimate of drug-likeness (QED) is 0.464. The number of rotatable bonds is 2. The Morgan fingerprint density at radius 2 is 0.880 bits per heavy atom. The molecule has 1 saturated carbocycles. The van der Waals surface area contributed by atoms with Gasteiger partial charge in [0.2, 0.25) is 0 Å². The van der Waals surface area contributed by atoms with Crippen LogP contribution in [0, 0.1) is 33.5 Å². The molecule has 2 atom stereocenters. The summed E-state index contributed by atoms with van der Waals surface area (Å²) in [5.74, 6) is 1.89. The van der Waals surface area contributed by atoms with Crippen LogP contribution in [-0.2, 0) is 0 Å². The number of hydrogen-bond donors (Lipinski definition) is 0. The minimum Gasteiger partial charge on any atom is -0.0602 e. The van der Waals surface area contributed by atoms with Gasteiger partial charge in [0.15, 0.2) is 0 Å². The molecule has 0 aromatic carbocycles. The molecule has 0 N–H and O–H groups in total. The highest BCUT2D eigenvalue weighted by Gasteiger charge is 2.35. The van der Waals surface area contributed by atoms with Crippen molar-refractivity contribution in [2.75, 3.05) is 0 Å². The summed E-state index contributed by atoms with van der Waals surface area (Å²) >= 11 is 0. The van der Waals surface area contributed by atoms with Gasteiger partial charge in [0, 0.05) is 0 Å². The van der Waals surface area contributed by atoms with Gasteiger partial charge in [-0.1, -0.05) is 95.9 Å². The molecule has 0 heterocycles. The zero-order valence-corrected chi connectivity index (χ0v) is 20.1. The van der Waals surface area contributed by atoms with Crippen LogP contribution in [-0.4, -0.2) is 0 Å². The minimum atomic E-state index is 0.518. The van der Waals surface area contributed by atoms with Crippen molar-refractivity contribution in [2.24, 2.45) is 33.5 Å². The molecule has 0 saturated heterocycles. The van der Waals surface area contributed by atoms with Crippen molar-refractivity contribution in [1.82, 2.24) is 0 Å². The summed E-state index contributed by atoms with van der Waals surface area (Å²) in [6.45, 7) is 28.3. The zero-order valence-electron chi connectivity index (χ0n) is 20.1. The van der Waals surface area contributed by atoms with Crippen LogP contribution in [0.2, 0.25) is 0 Å². The van der Waals surface area contributed by atoms with Gasteiger partial charge in [0.05, 0.1) is 0 Å². The second-order valence-electron chi connectivity index (χ2n) is 13.3. The molecule has 0 amide bonds. The van der Waals surface area contributed by atoms with E-state index in [4.69, 9.17) is 0 Å². The van der Waals surface area contributed by atoms with Crippen LogP contribution in [0.4, 0.5) is 0 Å². The van der Waals surface area contributed by atoms with Crippen LogP contribution >= 0.6 is 0 Å². The lowest BCUT2D eigenvalue weighted by Gasteiger charge is -2.42. The summed E-state index contributed by atoms with van der Waals surface area (Å²) in [7, 11) is 0.